The van der Waals surface area contributed by atoms with Crippen LogP contribution in [0.3, 0.4) is 0 Å². The minimum Gasteiger partial charge on any atom is -0.495 e. The number of hydrogen-bond acceptors (Lipinski definition) is 7. The van der Waals surface area contributed by atoms with E-state index in [4.69, 9.17) is 18.7 Å². The molecule has 1 aromatic heterocycles. The number of sulfonamides is 1. The molecular formula is C24H22N2O6S. The van der Waals surface area contributed by atoms with Gasteiger partial charge in [-0.25, -0.2) is 8.42 Å². The molecule has 1 aliphatic heterocycles. The fourth-order valence-electron chi connectivity index (χ4n) is 4.18. The van der Waals surface area contributed by atoms with Gasteiger partial charge >= 0.3 is 0 Å². The Morgan fingerprint density at radius 3 is 2.39 bits per heavy atom. The minimum atomic E-state index is -4.13. The van der Waals surface area contributed by atoms with E-state index < -0.39 is 10.0 Å². The smallest absolute Gasteiger partial charge is 0.270 e. The highest BCUT2D eigenvalue weighted by Crippen LogP contribution is 2.46. The molecule has 170 valence electrons. The van der Waals surface area contributed by atoms with Crippen LogP contribution in [0.2, 0.25) is 0 Å². The first-order valence-electron chi connectivity index (χ1n) is 10.3. The molecule has 2 heterocycles. The Labute approximate surface area is 191 Å². The van der Waals surface area contributed by atoms with Gasteiger partial charge in [0.2, 0.25) is 0 Å². The van der Waals surface area contributed by atoms with Gasteiger partial charge in [0.1, 0.15) is 28.7 Å². The fraction of sp³-hybridized carbons (Fsp3) is 0.208. The summed E-state index contributed by atoms with van der Waals surface area (Å²) in [4.78, 5) is -0.127. The molecule has 33 heavy (non-hydrogen) atoms. The zero-order valence-electron chi connectivity index (χ0n) is 18.3. The van der Waals surface area contributed by atoms with E-state index in [2.05, 4.69) is 9.88 Å². The summed E-state index contributed by atoms with van der Waals surface area (Å²) in [6.07, 6.45) is 0.620. The standard InChI is InChI=1S/C24H22N2O6S/c1-14-12-17-16(15-8-5-4-6-9-15)13-20-21(22(17)31-14)24(25-32-20)26-33(27,28)23-18(29-2)10-7-11-19(23)30-3/h4-11,13-14H,12H2,1-3H3,(H,25,26). The van der Waals surface area contributed by atoms with Crippen LogP contribution in [0.25, 0.3) is 22.1 Å². The number of aromatic nitrogens is 1. The monoisotopic (exact) mass is 466 g/mol. The molecular weight excluding hydrogens is 444 g/mol. The number of fused-ring (bicyclic) bond motifs is 3. The van der Waals surface area contributed by atoms with Gasteiger partial charge in [-0.3, -0.25) is 4.72 Å². The summed E-state index contributed by atoms with van der Waals surface area (Å²) in [5.74, 6) is 0.917. The van der Waals surface area contributed by atoms with E-state index in [1.165, 1.54) is 14.2 Å². The first-order chi connectivity index (χ1) is 15.9. The zero-order chi connectivity index (χ0) is 23.2. The van der Waals surface area contributed by atoms with Gasteiger partial charge in [-0.2, -0.15) is 0 Å². The second-order valence-corrected chi connectivity index (χ2v) is 9.35. The van der Waals surface area contributed by atoms with Gasteiger partial charge in [0, 0.05) is 12.0 Å². The molecule has 9 heteroatoms. The number of hydrogen-bond donors (Lipinski definition) is 1. The van der Waals surface area contributed by atoms with Gasteiger partial charge < -0.3 is 18.7 Å². The molecule has 1 aliphatic rings. The van der Waals surface area contributed by atoms with Crippen molar-refractivity contribution in [3.8, 4) is 28.4 Å². The molecule has 0 spiro atoms. The summed E-state index contributed by atoms with van der Waals surface area (Å²) in [5.41, 5.74) is 3.40. The van der Waals surface area contributed by atoms with Crippen LogP contribution in [0.15, 0.2) is 64.0 Å². The lowest BCUT2D eigenvalue weighted by atomic mass is 9.95. The summed E-state index contributed by atoms with van der Waals surface area (Å²) >= 11 is 0. The Morgan fingerprint density at radius 1 is 1.03 bits per heavy atom. The highest BCUT2D eigenvalue weighted by molar-refractivity contribution is 7.93. The number of anilines is 1. The van der Waals surface area contributed by atoms with Crippen molar-refractivity contribution in [1.82, 2.24) is 5.16 Å². The van der Waals surface area contributed by atoms with Crippen LogP contribution >= 0.6 is 0 Å². The molecule has 0 amide bonds. The maximum Gasteiger partial charge on any atom is 0.270 e. The van der Waals surface area contributed by atoms with E-state index in [1.807, 2.05) is 43.3 Å². The Morgan fingerprint density at radius 2 is 1.73 bits per heavy atom. The Kier molecular flexibility index (Phi) is 5.13. The fourth-order valence-corrected chi connectivity index (χ4v) is 5.51. The summed E-state index contributed by atoms with van der Waals surface area (Å²) in [6.45, 7) is 1.97. The maximum absolute atomic E-state index is 13.4. The Bertz CT molecular complexity index is 1420. The van der Waals surface area contributed by atoms with Crippen molar-refractivity contribution in [3.05, 3.63) is 60.2 Å². The molecule has 0 fully saturated rings. The van der Waals surface area contributed by atoms with Crippen molar-refractivity contribution < 1.29 is 27.2 Å². The third-order valence-electron chi connectivity index (χ3n) is 5.60. The van der Waals surface area contributed by atoms with Crippen LogP contribution < -0.4 is 18.9 Å². The van der Waals surface area contributed by atoms with Crippen molar-refractivity contribution >= 4 is 26.8 Å². The second-order valence-electron chi connectivity index (χ2n) is 7.73. The molecule has 0 bridgehead atoms. The van der Waals surface area contributed by atoms with Gasteiger partial charge in [0.15, 0.2) is 16.3 Å². The topological polar surface area (TPSA) is 99.9 Å². The van der Waals surface area contributed by atoms with Gasteiger partial charge in [0.05, 0.1) is 14.2 Å². The van der Waals surface area contributed by atoms with Crippen molar-refractivity contribution in [3.63, 3.8) is 0 Å². The van der Waals surface area contributed by atoms with E-state index in [9.17, 15) is 8.42 Å². The molecule has 3 aromatic carbocycles. The summed E-state index contributed by atoms with van der Waals surface area (Å²) in [7, 11) is -1.34. The van der Waals surface area contributed by atoms with Gasteiger partial charge in [0.25, 0.3) is 10.0 Å². The van der Waals surface area contributed by atoms with Crippen LogP contribution in [0.1, 0.15) is 12.5 Å². The predicted molar refractivity (Wildman–Crippen MR) is 124 cm³/mol. The molecule has 0 radical (unpaired) electrons. The maximum atomic E-state index is 13.4. The number of rotatable bonds is 6. The highest BCUT2D eigenvalue weighted by atomic mass is 32.2. The number of benzene rings is 3. The van der Waals surface area contributed by atoms with Crippen LogP contribution in [-0.2, 0) is 16.4 Å². The van der Waals surface area contributed by atoms with Crippen molar-refractivity contribution in [2.75, 3.05) is 18.9 Å². The quantitative estimate of drug-likeness (QED) is 0.442. The third kappa shape index (κ3) is 3.54. The highest BCUT2D eigenvalue weighted by Gasteiger charge is 2.32. The molecule has 4 aromatic rings. The first kappa shape index (κ1) is 21.1. The Hall–Kier alpha value is -3.72. The normalized spacial score (nSPS) is 15.2. The lowest BCUT2D eigenvalue weighted by molar-refractivity contribution is 0.257. The number of methoxy groups -OCH3 is 2. The van der Waals surface area contributed by atoms with Crippen molar-refractivity contribution in [2.24, 2.45) is 0 Å². The number of ether oxygens (including phenoxy) is 3. The van der Waals surface area contributed by atoms with Crippen molar-refractivity contribution in [2.45, 2.75) is 24.3 Å². The van der Waals surface area contributed by atoms with Gasteiger partial charge in [-0.1, -0.05) is 41.6 Å². The first-order valence-corrected chi connectivity index (χ1v) is 11.8. The zero-order valence-corrected chi connectivity index (χ0v) is 19.1. The number of nitrogens with zero attached hydrogens (tertiary/aromatic N) is 1. The summed E-state index contributed by atoms with van der Waals surface area (Å²) in [5, 5.41) is 4.51. The van der Waals surface area contributed by atoms with Crippen LogP contribution in [0, 0.1) is 0 Å². The molecule has 0 saturated carbocycles. The van der Waals surface area contributed by atoms with Crippen molar-refractivity contribution in [1.29, 1.82) is 0 Å². The van der Waals surface area contributed by atoms with E-state index >= 15 is 0 Å². The van der Waals surface area contributed by atoms with Crippen LogP contribution in [0.5, 0.6) is 17.2 Å². The van der Waals surface area contributed by atoms with E-state index in [-0.39, 0.29) is 28.3 Å². The molecule has 1 unspecified atom stereocenters. The second kappa shape index (κ2) is 8.00. The minimum absolute atomic E-state index is 0.0444. The summed E-state index contributed by atoms with van der Waals surface area (Å²) < 4.78 is 51.4. The number of nitrogens with one attached hydrogen (secondary N) is 1. The third-order valence-corrected chi connectivity index (χ3v) is 7.00. The average molecular weight is 467 g/mol. The largest absolute Gasteiger partial charge is 0.495 e. The van der Waals surface area contributed by atoms with Crippen LogP contribution in [-0.4, -0.2) is 33.9 Å². The molecule has 1 atom stereocenters. The SMILES string of the molecule is COc1cccc(OC)c1S(=O)(=O)Nc1noc2cc(-c3ccccc3)c3c(c12)OC(C)C3. The van der Waals surface area contributed by atoms with E-state index in [0.29, 0.717) is 23.1 Å². The Balaban J connectivity index is 1.66. The molecule has 0 aliphatic carbocycles. The van der Waals surface area contributed by atoms with Crippen LogP contribution in [0.4, 0.5) is 5.82 Å². The average Bonchev–Trinajstić information content (AvgIpc) is 3.40. The molecule has 0 saturated heterocycles. The lowest BCUT2D eigenvalue weighted by Crippen LogP contribution is -2.15. The van der Waals surface area contributed by atoms with Gasteiger partial charge in [-0.05, 0) is 36.2 Å². The predicted octanol–water partition coefficient (Wildman–Crippen LogP) is 4.64. The lowest BCUT2D eigenvalue weighted by Gasteiger charge is -2.14. The van der Waals surface area contributed by atoms with Gasteiger partial charge in [-0.15, -0.1) is 0 Å². The molecule has 8 nitrogen and oxygen atoms in total. The van der Waals surface area contributed by atoms with E-state index in [1.54, 1.807) is 18.2 Å². The molecule has 1 N–H and O–H groups in total. The van der Waals surface area contributed by atoms with E-state index in [0.717, 1.165) is 16.7 Å². The summed E-state index contributed by atoms with van der Waals surface area (Å²) in [6, 6.07) is 16.5. The molecule has 5 rings (SSSR count).